The first kappa shape index (κ1) is 12.3. The Bertz CT molecular complexity index is 320. The monoisotopic (exact) mass is 260 g/mol. The third-order valence-electron chi connectivity index (χ3n) is 3.10. The van der Waals surface area contributed by atoms with Crippen LogP contribution in [0, 0.1) is 0 Å². The Hall–Kier alpha value is -0.170. The second-order valence-electron chi connectivity index (χ2n) is 3.96. The summed E-state index contributed by atoms with van der Waals surface area (Å²) in [6.07, 6.45) is 1.95. The molecular formula is C10H18N2O2P2. The normalized spacial score (nSPS) is 26.8. The summed E-state index contributed by atoms with van der Waals surface area (Å²) in [4.78, 5) is 11.9. The maximum Gasteiger partial charge on any atom is 0.326 e. The summed E-state index contributed by atoms with van der Waals surface area (Å²) in [6.45, 7) is 5.93. The number of nitrogens with one attached hydrogen (secondary N) is 1. The third kappa shape index (κ3) is 2.40. The first-order valence-electron chi connectivity index (χ1n) is 5.52. The van der Waals surface area contributed by atoms with E-state index in [2.05, 4.69) is 16.7 Å². The van der Waals surface area contributed by atoms with Crippen LogP contribution < -0.4 is 5.32 Å². The van der Waals surface area contributed by atoms with Gasteiger partial charge in [0, 0.05) is 18.8 Å². The predicted octanol–water partition coefficient (Wildman–Crippen LogP) is 1.30. The lowest BCUT2D eigenvalue weighted by molar-refractivity contribution is -0.137. The number of hydrogen-bond acceptors (Lipinski definition) is 4. The lowest BCUT2D eigenvalue weighted by Crippen LogP contribution is -2.41. The van der Waals surface area contributed by atoms with Crippen molar-refractivity contribution in [3.05, 3.63) is 11.3 Å². The van der Waals surface area contributed by atoms with Crippen LogP contribution in [0.25, 0.3) is 0 Å². The van der Waals surface area contributed by atoms with Crippen molar-refractivity contribution >= 4 is 23.5 Å². The van der Waals surface area contributed by atoms with Crippen molar-refractivity contribution in [3.63, 3.8) is 0 Å². The van der Waals surface area contributed by atoms with Gasteiger partial charge in [-0.05, 0) is 31.7 Å². The van der Waals surface area contributed by atoms with Gasteiger partial charge >= 0.3 is 5.97 Å². The molecule has 0 fully saturated rings. The zero-order chi connectivity index (χ0) is 11.5. The summed E-state index contributed by atoms with van der Waals surface area (Å²) in [7, 11) is 0.903. The molecule has 2 aliphatic rings. The van der Waals surface area contributed by atoms with E-state index in [-0.39, 0.29) is 20.8 Å². The number of carbonyl (C=O) groups excluding carboxylic acids is 1. The van der Waals surface area contributed by atoms with Crippen molar-refractivity contribution in [2.75, 3.05) is 26.4 Å². The Morgan fingerprint density at radius 2 is 2.38 bits per heavy atom. The SMILES string of the molecule is CPOC(=O)C1CC2=C(CN1PC)NCC2. The van der Waals surface area contributed by atoms with E-state index in [1.807, 2.05) is 6.66 Å². The lowest BCUT2D eigenvalue weighted by Gasteiger charge is -2.33. The van der Waals surface area contributed by atoms with Crippen molar-refractivity contribution in [1.82, 2.24) is 9.99 Å². The Balaban J connectivity index is 2.09. The molecule has 4 nitrogen and oxygen atoms in total. The Morgan fingerprint density at radius 1 is 1.56 bits per heavy atom. The van der Waals surface area contributed by atoms with E-state index >= 15 is 0 Å². The first-order valence-corrected chi connectivity index (χ1v) is 8.38. The standard InChI is InChI=1S/C10H18N2O2P2/c1-15-12-6-8-7(3-4-11-8)5-9(12)10(13)14-16-2/h9,11,15-16H,3-6H2,1-2H3. The van der Waals surface area contributed by atoms with Gasteiger partial charge in [-0.25, -0.2) is 0 Å². The van der Waals surface area contributed by atoms with Crippen molar-refractivity contribution in [2.24, 2.45) is 0 Å². The topological polar surface area (TPSA) is 41.6 Å². The molecule has 16 heavy (non-hydrogen) atoms. The summed E-state index contributed by atoms with van der Waals surface area (Å²) in [5.41, 5.74) is 2.77. The van der Waals surface area contributed by atoms with Gasteiger partial charge in [0.2, 0.25) is 0 Å². The predicted molar refractivity (Wildman–Crippen MR) is 69.3 cm³/mol. The van der Waals surface area contributed by atoms with Gasteiger partial charge in [0.15, 0.2) is 0 Å². The Labute approximate surface area is 99.9 Å². The minimum atomic E-state index is -0.0476. The van der Waals surface area contributed by atoms with Gasteiger partial charge in [-0.2, -0.15) is 0 Å². The largest absolute Gasteiger partial charge is 0.447 e. The molecule has 2 rings (SSSR count). The fraction of sp³-hybridized carbons (Fsp3) is 0.700. The second-order valence-corrected chi connectivity index (χ2v) is 5.59. The highest BCUT2D eigenvalue weighted by atomic mass is 31.1. The highest BCUT2D eigenvalue weighted by molar-refractivity contribution is 7.34. The number of hydrogen-bond donors (Lipinski definition) is 1. The van der Waals surface area contributed by atoms with Gasteiger partial charge in [-0.1, -0.05) is 8.73 Å². The molecule has 1 N–H and O–H groups in total. The summed E-state index contributed by atoms with van der Waals surface area (Å²) >= 11 is 0. The lowest BCUT2D eigenvalue weighted by atomic mass is 10.00. The summed E-state index contributed by atoms with van der Waals surface area (Å²) in [6, 6.07) is -0.0468. The van der Waals surface area contributed by atoms with Gasteiger partial charge < -0.3 is 9.84 Å². The van der Waals surface area contributed by atoms with Gasteiger partial charge in [0.25, 0.3) is 0 Å². The van der Waals surface area contributed by atoms with Crippen LogP contribution in [0.4, 0.5) is 0 Å². The van der Waals surface area contributed by atoms with Crippen LogP contribution in [-0.4, -0.2) is 43.1 Å². The molecule has 2 aliphatic heterocycles. The van der Waals surface area contributed by atoms with E-state index in [9.17, 15) is 4.79 Å². The first-order chi connectivity index (χ1) is 7.76. The van der Waals surface area contributed by atoms with Crippen molar-refractivity contribution < 1.29 is 9.32 Å². The smallest absolute Gasteiger partial charge is 0.326 e. The Kier molecular flexibility index (Phi) is 4.18. The fourth-order valence-corrected chi connectivity index (χ4v) is 3.43. The highest BCUT2D eigenvalue weighted by Crippen LogP contribution is 2.34. The molecule has 0 spiro atoms. The summed E-state index contributed by atoms with van der Waals surface area (Å²) in [5, 5.41) is 3.41. The van der Waals surface area contributed by atoms with E-state index in [1.54, 1.807) is 0 Å². The number of rotatable bonds is 3. The van der Waals surface area contributed by atoms with E-state index in [4.69, 9.17) is 4.52 Å². The highest BCUT2D eigenvalue weighted by Gasteiger charge is 2.34. The summed E-state index contributed by atoms with van der Waals surface area (Å²) < 4.78 is 7.39. The quantitative estimate of drug-likeness (QED) is 0.777. The van der Waals surface area contributed by atoms with Crippen LogP contribution in [-0.2, 0) is 9.32 Å². The second kappa shape index (κ2) is 5.44. The van der Waals surface area contributed by atoms with Crippen LogP contribution in [0.5, 0.6) is 0 Å². The molecule has 6 heteroatoms. The minimum Gasteiger partial charge on any atom is -0.447 e. The van der Waals surface area contributed by atoms with E-state index < -0.39 is 0 Å². The molecular weight excluding hydrogens is 242 g/mol. The molecule has 0 radical (unpaired) electrons. The Morgan fingerprint density at radius 3 is 3.06 bits per heavy atom. The van der Waals surface area contributed by atoms with E-state index in [0.717, 1.165) is 25.9 Å². The third-order valence-corrected chi connectivity index (χ3v) is 4.55. The molecule has 0 saturated carbocycles. The number of nitrogens with zero attached hydrogens (tertiary/aromatic N) is 1. The molecule has 0 aromatic carbocycles. The molecule has 3 unspecified atom stereocenters. The van der Waals surface area contributed by atoms with E-state index in [0.29, 0.717) is 8.73 Å². The zero-order valence-electron chi connectivity index (χ0n) is 9.67. The fourth-order valence-electron chi connectivity index (χ4n) is 2.27. The van der Waals surface area contributed by atoms with E-state index in [1.165, 1.54) is 11.3 Å². The van der Waals surface area contributed by atoms with Crippen LogP contribution in [0.15, 0.2) is 11.3 Å². The van der Waals surface area contributed by atoms with Crippen molar-refractivity contribution in [3.8, 4) is 0 Å². The molecule has 3 atom stereocenters. The van der Waals surface area contributed by atoms with Gasteiger partial charge in [-0.3, -0.25) is 9.46 Å². The summed E-state index contributed by atoms with van der Waals surface area (Å²) in [5.74, 6) is -0.0476. The minimum absolute atomic E-state index is 0.0468. The van der Waals surface area contributed by atoms with Crippen LogP contribution >= 0.6 is 17.5 Å². The number of carbonyl (C=O) groups is 1. The van der Waals surface area contributed by atoms with Crippen LogP contribution in [0.2, 0.25) is 0 Å². The molecule has 2 heterocycles. The maximum atomic E-state index is 11.9. The molecule has 0 aliphatic carbocycles. The van der Waals surface area contributed by atoms with Crippen LogP contribution in [0.1, 0.15) is 12.8 Å². The molecule has 90 valence electrons. The molecule has 0 amide bonds. The average Bonchev–Trinajstić information content (AvgIpc) is 2.74. The van der Waals surface area contributed by atoms with Crippen LogP contribution in [0.3, 0.4) is 0 Å². The average molecular weight is 260 g/mol. The van der Waals surface area contributed by atoms with Gasteiger partial charge in [-0.15, -0.1) is 0 Å². The molecule has 0 aromatic rings. The van der Waals surface area contributed by atoms with Crippen molar-refractivity contribution in [1.29, 1.82) is 0 Å². The van der Waals surface area contributed by atoms with Gasteiger partial charge in [0.05, 0.1) is 8.81 Å². The van der Waals surface area contributed by atoms with Gasteiger partial charge in [0.1, 0.15) is 6.04 Å². The zero-order valence-corrected chi connectivity index (χ0v) is 11.7. The van der Waals surface area contributed by atoms with Crippen molar-refractivity contribution in [2.45, 2.75) is 18.9 Å². The molecule has 0 saturated heterocycles. The molecule has 0 aromatic heterocycles. The maximum absolute atomic E-state index is 11.9. The molecule has 0 bridgehead atoms.